The monoisotopic (exact) mass is 210 g/mol. The van der Waals surface area contributed by atoms with Gasteiger partial charge in [-0.2, -0.15) is 0 Å². The Morgan fingerprint density at radius 1 is 1.27 bits per heavy atom. The summed E-state index contributed by atoms with van der Waals surface area (Å²) in [6.07, 6.45) is 0.111. The summed E-state index contributed by atoms with van der Waals surface area (Å²) < 4.78 is 10.2. The van der Waals surface area contributed by atoms with Crippen LogP contribution in [-0.4, -0.2) is 23.5 Å². The van der Waals surface area contributed by atoms with Gasteiger partial charge in [-0.15, -0.1) is 0 Å². The molecule has 0 unspecified atom stereocenters. The summed E-state index contributed by atoms with van der Waals surface area (Å²) in [6.45, 7) is 5.69. The van der Waals surface area contributed by atoms with Crippen LogP contribution in [-0.2, 0) is 0 Å². The second-order valence-corrected chi connectivity index (χ2v) is 3.54. The van der Waals surface area contributed by atoms with Crippen molar-refractivity contribution in [2.75, 3.05) is 0 Å². The van der Waals surface area contributed by atoms with E-state index in [1.807, 2.05) is 20.8 Å². The van der Waals surface area contributed by atoms with Gasteiger partial charge in [-0.05, 0) is 44.5 Å². The minimum atomic E-state index is -1.79. The van der Waals surface area contributed by atoms with Gasteiger partial charge in [0.05, 0.1) is 6.10 Å². The zero-order valence-electron chi connectivity index (χ0n) is 9.10. The summed E-state index contributed by atoms with van der Waals surface area (Å²) in [7, 11) is -1.79. The first-order valence-electron chi connectivity index (χ1n) is 4.79. The number of rotatable bonds is 4. The van der Waals surface area contributed by atoms with Crippen LogP contribution >= 0.6 is 0 Å². The normalized spacial score (nSPS) is 10.3. The lowest BCUT2D eigenvalue weighted by molar-refractivity contribution is 0.241. The van der Waals surface area contributed by atoms with Gasteiger partial charge >= 0.3 is 7.32 Å². The van der Waals surface area contributed by atoms with Crippen molar-refractivity contribution in [2.45, 2.75) is 26.9 Å². The Hall–Kier alpha value is -1.20. The second-order valence-electron chi connectivity index (χ2n) is 3.54. The molecule has 0 saturated carbocycles. The Morgan fingerprint density at radius 3 is 2.40 bits per heavy atom. The van der Waals surface area contributed by atoms with Crippen LogP contribution < -0.4 is 9.39 Å². The lowest BCUT2D eigenvalue weighted by atomic mass is 10.2. The molecular formula is C10H15BO4. The maximum atomic E-state index is 8.65. The maximum Gasteiger partial charge on any atom is 0.707 e. The fourth-order valence-electron chi connectivity index (χ4n) is 1.21. The average molecular weight is 210 g/mol. The summed E-state index contributed by atoms with van der Waals surface area (Å²) in [5.41, 5.74) is 0.793. The van der Waals surface area contributed by atoms with Gasteiger partial charge in [0.2, 0.25) is 0 Å². The highest BCUT2D eigenvalue weighted by atomic mass is 16.6. The SMILES string of the molecule is Cc1cc(OC(C)C)ccc1OB(O)O. The van der Waals surface area contributed by atoms with E-state index < -0.39 is 7.32 Å². The molecule has 1 rings (SSSR count). The number of aryl methyl sites for hydroxylation is 1. The van der Waals surface area contributed by atoms with E-state index in [9.17, 15) is 0 Å². The highest BCUT2D eigenvalue weighted by Gasteiger charge is 2.13. The third-order valence-corrected chi connectivity index (χ3v) is 1.75. The molecule has 0 atom stereocenters. The van der Waals surface area contributed by atoms with Crippen LogP contribution in [0.4, 0.5) is 0 Å². The van der Waals surface area contributed by atoms with E-state index in [0.717, 1.165) is 11.3 Å². The molecule has 0 bridgehead atoms. The maximum absolute atomic E-state index is 8.65. The van der Waals surface area contributed by atoms with Crippen molar-refractivity contribution in [1.29, 1.82) is 0 Å². The first-order chi connectivity index (χ1) is 6.99. The molecule has 1 aromatic carbocycles. The van der Waals surface area contributed by atoms with Gasteiger partial charge in [0.1, 0.15) is 11.5 Å². The zero-order chi connectivity index (χ0) is 11.4. The summed E-state index contributed by atoms with van der Waals surface area (Å²) in [5, 5.41) is 17.3. The van der Waals surface area contributed by atoms with Crippen molar-refractivity contribution in [3.05, 3.63) is 23.8 Å². The quantitative estimate of drug-likeness (QED) is 0.731. The summed E-state index contributed by atoms with van der Waals surface area (Å²) in [6, 6.07) is 5.16. The van der Waals surface area contributed by atoms with Gasteiger partial charge < -0.3 is 19.4 Å². The first-order valence-corrected chi connectivity index (χ1v) is 4.79. The van der Waals surface area contributed by atoms with Crippen LogP contribution in [0.5, 0.6) is 11.5 Å². The van der Waals surface area contributed by atoms with E-state index in [1.54, 1.807) is 18.2 Å². The Morgan fingerprint density at radius 2 is 1.93 bits per heavy atom. The van der Waals surface area contributed by atoms with E-state index in [-0.39, 0.29) is 6.10 Å². The molecule has 0 heterocycles. The van der Waals surface area contributed by atoms with Gasteiger partial charge in [-0.1, -0.05) is 0 Å². The van der Waals surface area contributed by atoms with Crippen LogP contribution in [0.25, 0.3) is 0 Å². The van der Waals surface area contributed by atoms with Crippen molar-refractivity contribution in [1.82, 2.24) is 0 Å². The third-order valence-electron chi connectivity index (χ3n) is 1.75. The molecule has 2 N–H and O–H groups in total. The van der Waals surface area contributed by atoms with Gasteiger partial charge in [0, 0.05) is 0 Å². The highest BCUT2D eigenvalue weighted by Crippen LogP contribution is 2.24. The number of benzene rings is 1. The smallest absolute Gasteiger partial charge is 0.512 e. The van der Waals surface area contributed by atoms with Gasteiger partial charge in [-0.25, -0.2) is 0 Å². The summed E-state index contributed by atoms with van der Waals surface area (Å²) in [5.74, 6) is 1.17. The molecule has 0 fully saturated rings. The van der Waals surface area contributed by atoms with E-state index >= 15 is 0 Å². The van der Waals surface area contributed by atoms with Crippen LogP contribution in [0.3, 0.4) is 0 Å². The standard InChI is InChI=1S/C10H15BO4/c1-7(2)14-9-4-5-10(8(3)6-9)15-11(12)13/h4-7,12-13H,1-3H3. The topological polar surface area (TPSA) is 58.9 Å². The minimum Gasteiger partial charge on any atom is -0.512 e. The van der Waals surface area contributed by atoms with Crippen molar-refractivity contribution in [3.8, 4) is 11.5 Å². The molecule has 0 aliphatic rings. The lowest BCUT2D eigenvalue weighted by Crippen LogP contribution is -2.21. The van der Waals surface area contributed by atoms with E-state index in [2.05, 4.69) is 0 Å². The van der Waals surface area contributed by atoms with Gasteiger partial charge in [0.15, 0.2) is 0 Å². The molecule has 82 valence electrons. The predicted octanol–water partition coefficient (Wildman–Crippen LogP) is 1.13. The molecule has 0 saturated heterocycles. The summed E-state index contributed by atoms with van der Waals surface area (Å²) >= 11 is 0. The minimum absolute atomic E-state index is 0.111. The number of hydrogen-bond donors (Lipinski definition) is 2. The molecule has 0 radical (unpaired) electrons. The van der Waals surface area contributed by atoms with Crippen LogP contribution in [0.15, 0.2) is 18.2 Å². The summed E-state index contributed by atoms with van der Waals surface area (Å²) in [4.78, 5) is 0. The largest absolute Gasteiger partial charge is 0.707 e. The van der Waals surface area contributed by atoms with E-state index in [1.165, 1.54) is 0 Å². The molecule has 0 aliphatic heterocycles. The van der Waals surface area contributed by atoms with Crippen molar-refractivity contribution >= 4 is 7.32 Å². The fourth-order valence-corrected chi connectivity index (χ4v) is 1.21. The molecule has 4 nitrogen and oxygen atoms in total. The molecule has 0 amide bonds. The van der Waals surface area contributed by atoms with Crippen LogP contribution in [0, 0.1) is 6.92 Å². The molecule has 15 heavy (non-hydrogen) atoms. The predicted molar refractivity (Wildman–Crippen MR) is 57.8 cm³/mol. The molecule has 5 heteroatoms. The molecule has 1 aromatic rings. The van der Waals surface area contributed by atoms with Gasteiger partial charge in [0.25, 0.3) is 0 Å². The average Bonchev–Trinajstić information content (AvgIpc) is 2.08. The number of ether oxygens (including phenoxy) is 1. The van der Waals surface area contributed by atoms with Crippen LogP contribution in [0.1, 0.15) is 19.4 Å². The van der Waals surface area contributed by atoms with E-state index in [0.29, 0.717) is 5.75 Å². The fraction of sp³-hybridized carbons (Fsp3) is 0.400. The molecule has 0 aromatic heterocycles. The molecule has 0 aliphatic carbocycles. The van der Waals surface area contributed by atoms with Crippen molar-refractivity contribution in [2.24, 2.45) is 0 Å². The highest BCUT2D eigenvalue weighted by molar-refractivity contribution is 6.33. The zero-order valence-corrected chi connectivity index (χ0v) is 9.10. The lowest BCUT2D eigenvalue weighted by Gasteiger charge is -2.13. The molecule has 0 spiro atoms. The first kappa shape index (κ1) is 11.9. The van der Waals surface area contributed by atoms with Crippen molar-refractivity contribution < 1.29 is 19.4 Å². The Kier molecular flexibility index (Phi) is 4.00. The van der Waals surface area contributed by atoms with Gasteiger partial charge in [-0.3, -0.25) is 0 Å². The Labute approximate surface area is 89.6 Å². The van der Waals surface area contributed by atoms with E-state index in [4.69, 9.17) is 19.4 Å². The van der Waals surface area contributed by atoms with Crippen LogP contribution in [0.2, 0.25) is 0 Å². The molecular weight excluding hydrogens is 195 g/mol. The Bertz CT molecular complexity index is 325. The van der Waals surface area contributed by atoms with Crippen molar-refractivity contribution in [3.63, 3.8) is 0 Å². The number of hydrogen-bond acceptors (Lipinski definition) is 4. The Balaban J connectivity index is 2.78. The second kappa shape index (κ2) is 5.05. The third kappa shape index (κ3) is 3.81.